The second-order valence-corrected chi connectivity index (χ2v) is 7.31. The maximum absolute atomic E-state index is 14.3. The number of hydrogen-bond donors (Lipinski definition) is 1. The summed E-state index contributed by atoms with van der Waals surface area (Å²) in [5, 5.41) is 0. The highest BCUT2D eigenvalue weighted by atomic mass is 19.1. The van der Waals surface area contributed by atoms with Crippen LogP contribution in [0.25, 0.3) is 0 Å². The van der Waals surface area contributed by atoms with Crippen LogP contribution >= 0.6 is 0 Å². The van der Waals surface area contributed by atoms with E-state index in [0.717, 1.165) is 37.3 Å². The average Bonchev–Trinajstić information content (AvgIpc) is 2.71. The Morgan fingerprint density at radius 3 is 2.15 bits per heavy atom. The van der Waals surface area contributed by atoms with E-state index < -0.39 is 0 Å². The number of piperidine rings is 1. The van der Waals surface area contributed by atoms with Gasteiger partial charge in [0.1, 0.15) is 5.83 Å². The fourth-order valence-electron chi connectivity index (χ4n) is 4.19. The third-order valence-electron chi connectivity index (χ3n) is 5.55. The highest BCUT2D eigenvalue weighted by Gasteiger charge is 2.32. The monoisotopic (exact) mass is 364 g/mol. The van der Waals surface area contributed by atoms with E-state index in [-0.39, 0.29) is 17.8 Å². The summed E-state index contributed by atoms with van der Waals surface area (Å²) in [6.07, 6.45) is 9.82. The van der Waals surface area contributed by atoms with Crippen molar-refractivity contribution in [3.63, 3.8) is 0 Å². The zero-order chi connectivity index (χ0) is 18.6. The van der Waals surface area contributed by atoms with Gasteiger partial charge in [-0.2, -0.15) is 0 Å². The molecule has 2 aromatic heterocycles. The van der Waals surface area contributed by atoms with Gasteiger partial charge in [0.15, 0.2) is 0 Å². The van der Waals surface area contributed by atoms with Crippen molar-refractivity contribution in [2.75, 3.05) is 13.1 Å². The first kappa shape index (κ1) is 17.9. The number of pyridine rings is 2. The second kappa shape index (κ2) is 8.01. The zero-order valence-electron chi connectivity index (χ0n) is 15.3. The van der Waals surface area contributed by atoms with Crippen molar-refractivity contribution in [1.82, 2.24) is 14.9 Å². The largest absolute Gasteiger partial charge is 0.369 e. The lowest BCUT2D eigenvalue weighted by Gasteiger charge is -2.38. The summed E-state index contributed by atoms with van der Waals surface area (Å²) in [5.74, 6) is 0.423. The highest BCUT2D eigenvalue weighted by Crippen LogP contribution is 2.38. The van der Waals surface area contributed by atoms with Gasteiger partial charge >= 0.3 is 0 Å². The minimum atomic E-state index is -0.205. The summed E-state index contributed by atoms with van der Waals surface area (Å²) in [7, 11) is 0. The molecule has 1 saturated heterocycles. The van der Waals surface area contributed by atoms with Crippen LogP contribution in [0.2, 0.25) is 0 Å². The number of nitrogens with two attached hydrogens (primary N) is 1. The summed E-state index contributed by atoms with van der Waals surface area (Å²) in [5.41, 5.74) is 8.64. The van der Waals surface area contributed by atoms with Crippen LogP contribution in [0.3, 0.4) is 0 Å². The predicted octanol–water partition coefficient (Wildman–Crippen LogP) is 3.79. The molecular weight excluding hydrogens is 339 g/mol. The van der Waals surface area contributed by atoms with Crippen molar-refractivity contribution in [2.24, 2.45) is 11.7 Å². The number of halogens is 1. The second-order valence-electron chi connectivity index (χ2n) is 7.31. The van der Waals surface area contributed by atoms with E-state index in [1.807, 2.05) is 42.7 Å². The first-order chi connectivity index (χ1) is 13.2. The molecular formula is C22H25FN4. The van der Waals surface area contributed by atoms with E-state index in [0.29, 0.717) is 18.0 Å². The molecule has 4 rings (SSSR count). The molecule has 140 valence electrons. The summed E-state index contributed by atoms with van der Waals surface area (Å²) in [4.78, 5) is 11.4. The van der Waals surface area contributed by atoms with Crippen LogP contribution < -0.4 is 5.73 Å². The topological polar surface area (TPSA) is 55.0 Å². The van der Waals surface area contributed by atoms with Crippen LogP contribution in [-0.4, -0.2) is 34.0 Å². The highest BCUT2D eigenvalue weighted by molar-refractivity contribution is 5.31. The molecule has 4 nitrogen and oxygen atoms in total. The van der Waals surface area contributed by atoms with Gasteiger partial charge in [-0.05, 0) is 55.5 Å². The minimum absolute atomic E-state index is 0.170. The Kier molecular flexibility index (Phi) is 5.30. The van der Waals surface area contributed by atoms with Crippen molar-refractivity contribution in [3.05, 3.63) is 83.9 Å². The lowest BCUT2D eigenvalue weighted by atomic mass is 9.79. The van der Waals surface area contributed by atoms with Gasteiger partial charge in [0.2, 0.25) is 0 Å². The molecule has 3 heterocycles. The van der Waals surface area contributed by atoms with Gasteiger partial charge in [0.25, 0.3) is 0 Å². The molecule has 1 atom stereocenters. The first-order valence-electron chi connectivity index (χ1n) is 9.62. The molecule has 2 N–H and O–H groups in total. The lowest BCUT2D eigenvalue weighted by Crippen LogP contribution is -2.37. The molecule has 0 aromatic carbocycles. The third-order valence-corrected chi connectivity index (χ3v) is 5.55. The standard InChI is InChI=1S/C22H25FN4/c23-18-15-17(24)7-8-21(18)27-13-9-16(10-14-27)22(19-5-1-3-11-25-19)20-6-2-4-12-26-20/h1-6,8,11-12,15-17,22H,7,9-10,13-14,24H2. The molecule has 0 bridgehead atoms. The van der Waals surface area contributed by atoms with Gasteiger partial charge in [0.05, 0.1) is 5.70 Å². The Hall–Kier alpha value is -2.53. The van der Waals surface area contributed by atoms with Gasteiger partial charge in [-0.1, -0.05) is 18.2 Å². The number of nitrogens with zero attached hydrogens (tertiary/aromatic N) is 3. The normalized spacial score (nSPS) is 21.1. The van der Waals surface area contributed by atoms with Crippen LogP contribution in [0, 0.1) is 5.92 Å². The Bertz CT molecular complexity index is 771. The average molecular weight is 364 g/mol. The molecule has 1 aliphatic carbocycles. The van der Waals surface area contributed by atoms with Crippen LogP contribution in [-0.2, 0) is 0 Å². The predicted molar refractivity (Wildman–Crippen MR) is 104 cm³/mol. The molecule has 0 amide bonds. The van der Waals surface area contributed by atoms with Crippen molar-refractivity contribution in [1.29, 1.82) is 0 Å². The summed E-state index contributed by atoms with van der Waals surface area (Å²) in [6.45, 7) is 1.67. The number of allylic oxidation sites excluding steroid dienone is 1. The van der Waals surface area contributed by atoms with E-state index in [4.69, 9.17) is 5.73 Å². The Balaban J connectivity index is 1.52. The van der Waals surface area contributed by atoms with Gasteiger partial charge in [-0.3, -0.25) is 9.97 Å². The van der Waals surface area contributed by atoms with E-state index in [1.54, 1.807) is 0 Å². The molecule has 0 spiro atoms. The molecule has 27 heavy (non-hydrogen) atoms. The summed E-state index contributed by atoms with van der Waals surface area (Å²) >= 11 is 0. The maximum atomic E-state index is 14.3. The minimum Gasteiger partial charge on any atom is -0.369 e. The quantitative estimate of drug-likeness (QED) is 0.897. The zero-order valence-corrected chi connectivity index (χ0v) is 15.3. The number of rotatable bonds is 4. The molecule has 5 heteroatoms. The van der Waals surface area contributed by atoms with Gasteiger partial charge in [-0.15, -0.1) is 0 Å². The van der Waals surface area contributed by atoms with E-state index in [1.165, 1.54) is 6.08 Å². The fraction of sp³-hybridized carbons (Fsp3) is 0.364. The summed E-state index contributed by atoms with van der Waals surface area (Å²) in [6, 6.07) is 11.9. The van der Waals surface area contributed by atoms with Crippen LogP contribution in [0.15, 0.2) is 72.5 Å². The van der Waals surface area contributed by atoms with Crippen LogP contribution in [0.4, 0.5) is 4.39 Å². The molecule has 0 radical (unpaired) electrons. The van der Waals surface area contributed by atoms with Gasteiger partial charge < -0.3 is 10.6 Å². The smallest absolute Gasteiger partial charge is 0.143 e. The van der Waals surface area contributed by atoms with Crippen molar-refractivity contribution >= 4 is 0 Å². The maximum Gasteiger partial charge on any atom is 0.143 e. The number of aromatic nitrogens is 2. The molecule has 1 fully saturated rings. The van der Waals surface area contributed by atoms with Crippen LogP contribution in [0.5, 0.6) is 0 Å². The first-order valence-corrected chi connectivity index (χ1v) is 9.62. The van der Waals surface area contributed by atoms with Gasteiger partial charge in [-0.25, -0.2) is 4.39 Å². The van der Waals surface area contributed by atoms with Crippen molar-refractivity contribution < 1.29 is 4.39 Å². The van der Waals surface area contributed by atoms with Crippen LogP contribution in [0.1, 0.15) is 36.6 Å². The molecule has 1 unspecified atom stereocenters. The lowest BCUT2D eigenvalue weighted by molar-refractivity contribution is 0.208. The van der Waals surface area contributed by atoms with Crippen molar-refractivity contribution in [3.8, 4) is 0 Å². The molecule has 2 aliphatic rings. The number of hydrogen-bond acceptors (Lipinski definition) is 4. The Morgan fingerprint density at radius 2 is 1.63 bits per heavy atom. The molecule has 1 aliphatic heterocycles. The Labute approximate surface area is 159 Å². The van der Waals surface area contributed by atoms with E-state index in [2.05, 4.69) is 27.0 Å². The Morgan fingerprint density at radius 1 is 1.00 bits per heavy atom. The van der Waals surface area contributed by atoms with E-state index >= 15 is 0 Å². The number of likely N-dealkylation sites (tertiary alicyclic amines) is 1. The SMILES string of the molecule is NC1C=C(F)C(N2CCC(C(c3ccccn3)c3ccccn3)CC2)=CC1. The van der Waals surface area contributed by atoms with E-state index in [9.17, 15) is 4.39 Å². The molecule has 2 aromatic rings. The van der Waals surface area contributed by atoms with Gasteiger partial charge in [0, 0.05) is 48.8 Å². The summed E-state index contributed by atoms with van der Waals surface area (Å²) < 4.78 is 14.3. The third kappa shape index (κ3) is 3.93. The molecule has 0 saturated carbocycles. The van der Waals surface area contributed by atoms with Crippen molar-refractivity contribution in [2.45, 2.75) is 31.2 Å². The fourth-order valence-corrected chi connectivity index (χ4v) is 4.19.